The van der Waals surface area contributed by atoms with E-state index in [4.69, 9.17) is 5.73 Å². The van der Waals surface area contributed by atoms with Gasteiger partial charge in [-0.05, 0) is 11.5 Å². The van der Waals surface area contributed by atoms with Gasteiger partial charge in [-0.1, -0.05) is 26.8 Å². The third kappa shape index (κ3) is 2.22. The average Bonchev–Trinajstić information content (AvgIpc) is 2.56. The molecule has 0 aromatic carbocycles. The summed E-state index contributed by atoms with van der Waals surface area (Å²) in [4.78, 5) is 4.54. The largest absolute Gasteiger partial charge is 0.326 e. The van der Waals surface area contributed by atoms with Crippen molar-refractivity contribution in [2.75, 3.05) is 0 Å². The zero-order valence-electron chi connectivity index (χ0n) is 10.1. The van der Waals surface area contributed by atoms with Gasteiger partial charge in [-0.25, -0.2) is 9.50 Å². The van der Waals surface area contributed by atoms with Gasteiger partial charge in [0.05, 0.1) is 0 Å². The molecule has 0 unspecified atom stereocenters. The number of aromatic nitrogens is 3. The van der Waals surface area contributed by atoms with Crippen LogP contribution in [0.3, 0.4) is 0 Å². The van der Waals surface area contributed by atoms with Crippen molar-refractivity contribution < 1.29 is 0 Å². The lowest BCUT2D eigenvalue weighted by Crippen LogP contribution is -2.10. The normalized spacial score (nSPS) is 12.2. The fraction of sp³-hybridized carbons (Fsp3) is 0.500. The predicted molar refractivity (Wildman–Crippen MR) is 64.0 cm³/mol. The second-order valence-corrected chi connectivity index (χ2v) is 5.27. The maximum atomic E-state index is 5.67. The minimum absolute atomic E-state index is 0.202. The zero-order chi connectivity index (χ0) is 11.8. The van der Waals surface area contributed by atoms with Crippen molar-refractivity contribution in [1.29, 1.82) is 0 Å². The number of hydrogen-bond donors (Lipinski definition) is 1. The molecular weight excluding hydrogens is 200 g/mol. The number of nitrogens with two attached hydrogens (primary N) is 1. The van der Waals surface area contributed by atoms with Crippen LogP contribution in [0.25, 0.3) is 5.65 Å². The second-order valence-electron chi connectivity index (χ2n) is 5.27. The Morgan fingerprint density at radius 2 is 2.12 bits per heavy atom. The molecule has 86 valence electrons. The van der Waals surface area contributed by atoms with Gasteiger partial charge >= 0.3 is 0 Å². The first-order chi connectivity index (χ1) is 7.49. The summed E-state index contributed by atoms with van der Waals surface area (Å²) < 4.78 is 1.81. The second kappa shape index (κ2) is 3.87. The van der Waals surface area contributed by atoms with E-state index >= 15 is 0 Å². The van der Waals surface area contributed by atoms with E-state index < -0.39 is 0 Å². The highest BCUT2D eigenvalue weighted by molar-refractivity contribution is 5.46. The molecule has 2 aromatic rings. The standard InChI is InChI=1S/C12H18N4/c1-12(2,3)7-10-14-11-9(8-13)5-4-6-16(11)15-10/h4-6H,7-8,13H2,1-3H3. The summed E-state index contributed by atoms with van der Waals surface area (Å²) in [6.45, 7) is 7.05. The van der Waals surface area contributed by atoms with Crippen LogP contribution in [0.5, 0.6) is 0 Å². The highest BCUT2D eigenvalue weighted by Crippen LogP contribution is 2.19. The lowest BCUT2D eigenvalue weighted by molar-refractivity contribution is 0.401. The molecule has 0 aliphatic rings. The van der Waals surface area contributed by atoms with Gasteiger partial charge in [-0.2, -0.15) is 5.10 Å². The molecule has 0 saturated heterocycles. The summed E-state index contributed by atoms with van der Waals surface area (Å²) in [5, 5.41) is 4.46. The van der Waals surface area contributed by atoms with Gasteiger partial charge in [0.2, 0.25) is 0 Å². The first-order valence-corrected chi connectivity index (χ1v) is 5.53. The summed E-state index contributed by atoms with van der Waals surface area (Å²) in [6.07, 6.45) is 2.78. The Bertz CT molecular complexity index is 493. The highest BCUT2D eigenvalue weighted by Gasteiger charge is 2.15. The van der Waals surface area contributed by atoms with E-state index in [-0.39, 0.29) is 5.41 Å². The van der Waals surface area contributed by atoms with Crippen molar-refractivity contribution in [3.05, 3.63) is 29.7 Å². The molecule has 4 heteroatoms. The monoisotopic (exact) mass is 218 g/mol. The Labute approximate surface area is 95.5 Å². The van der Waals surface area contributed by atoms with Crippen molar-refractivity contribution in [3.8, 4) is 0 Å². The number of rotatable bonds is 2. The quantitative estimate of drug-likeness (QED) is 0.836. The maximum absolute atomic E-state index is 5.67. The lowest BCUT2D eigenvalue weighted by atomic mass is 9.92. The number of fused-ring (bicyclic) bond motifs is 1. The van der Waals surface area contributed by atoms with Crippen molar-refractivity contribution in [1.82, 2.24) is 14.6 Å². The van der Waals surface area contributed by atoms with Gasteiger partial charge in [0.1, 0.15) is 0 Å². The Morgan fingerprint density at radius 1 is 1.38 bits per heavy atom. The molecule has 16 heavy (non-hydrogen) atoms. The first-order valence-electron chi connectivity index (χ1n) is 5.53. The Hall–Kier alpha value is -1.42. The summed E-state index contributed by atoms with van der Waals surface area (Å²) in [5.74, 6) is 0.883. The van der Waals surface area contributed by atoms with Crippen LogP contribution in [0, 0.1) is 5.41 Å². The van der Waals surface area contributed by atoms with Gasteiger partial charge in [0.25, 0.3) is 0 Å². The number of pyridine rings is 1. The smallest absolute Gasteiger partial charge is 0.160 e. The van der Waals surface area contributed by atoms with Crippen LogP contribution in [0.15, 0.2) is 18.3 Å². The number of hydrogen-bond acceptors (Lipinski definition) is 3. The van der Waals surface area contributed by atoms with Crippen LogP contribution < -0.4 is 5.73 Å². The molecular formula is C12H18N4. The molecule has 2 rings (SSSR count). The third-order valence-corrected chi connectivity index (χ3v) is 2.40. The molecule has 0 aliphatic heterocycles. The molecule has 0 fully saturated rings. The molecule has 0 bridgehead atoms. The Kier molecular flexibility index (Phi) is 2.68. The molecule has 4 nitrogen and oxygen atoms in total. The van der Waals surface area contributed by atoms with E-state index in [0.29, 0.717) is 6.54 Å². The minimum Gasteiger partial charge on any atom is -0.326 e. The fourth-order valence-corrected chi connectivity index (χ4v) is 1.71. The highest BCUT2D eigenvalue weighted by atomic mass is 15.3. The summed E-state index contributed by atoms with van der Waals surface area (Å²) in [5.41, 5.74) is 7.79. The molecule has 0 spiro atoms. The molecule has 2 N–H and O–H groups in total. The maximum Gasteiger partial charge on any atom is 0.160 e. The minimum atomic E-state index is 0.202. The lowest BCUT2D eigenvalue weighted by Gasteiger charge is -2.14. The van der Waals surface area contributed by atoms with Gasteiger partial charge in [0.15, 0.2) is 11.5 Å². The fourth-order valence-electron chi connectivity index (χ4n) is 1.71. The molecule has 0 saturated carbocycles. The van der Waals surface area contributed by atoms with Gasteiger partial charge in [-0.3, -0.25) is 0 Å². The van der Waals surface area contributed by atoms with Crippen molar-refractivity contribution in [2.45, 2.75) is 33.7 Å². The van der Waals surface area contributed by atoms with Gasteiger partial charge < -0.3 is 5.73 Å². The summed E-state index contributed by atoms with van der Waals surface area (Å²) in [7, 11) is 0. The molecule has 0 amide bonds. The molecule has 0 radical (unpaired) electrons. The van der Waals surface area contributed by atoms with Crippen LogP contribution in [0.4, 0.5) is 0 Å². The SMILES string of the molecule is CC(C)(C)Cc1nc2c(CN)cccn2n1. The van der Waals surface area contributed by atoms with Crippen LogP contribution in [-0.2, 0) is 13.0 Å². The molecule has 2 aromatic heterocycles. The van der Waals surface area contributed by atoms with E-state index in [1.807, 2.05) is 22.8 Å². The zero-order valence-corrected chi connectivity index (χ0v) is 10.1. The summed E-state index contributed by atoms with van der Waals surface area (Å²) in [6, 6.07) is 3.94. The van der Waals surface area contributed by atoms with E-state index in [1.165, 1.54) is 0 Å². The summed E-state index contributed by atoms with van der Waals surface area (Å²) >= 11 is 0. The Morgan fingerprint density at radius 3 is 2.75 bits per heavy atom. The van der Waals surface area contributed by atoms with E-state index in [2.05, 4.69) is 30.9 Å². The first kappa shape index (κ1) is 11.1. The third-order valence-electron chi connectivity index (χ3n) is 2.40. The number of nitrogens with zero attached hydrogens (tertiary/aromatic N) is 3. The molecule has 0 aliphatic carbocycles. The topological polar surface area (TPSA) is 56.2 Å². The van der Waals surface area contributed by atoms with Gasteiger partial charge in [-0.15, -0.1) is 0 Å². The predicted octanol–water partition coefficient (Wildman–Crippen LogP) is 1.78. The van der Waals surface area contributed by atoms with Crippen LogP contribution in [0.1, 0.15) is 32.2 Å². The Balaban J connectivity index is 2.44. The van der Waals surface area contributed by atoms with Crippen LogP contribution in [0.2, 0.25) is 0 Å². The van der Waals surface area contributed by atoms with Crippen molar-refractivity contribution in [2.24, 2.45) is 11.1 Å². The van der Waals surface area contributed by atoms with Gasteiger partial charge in [0, 0.05) is 24.7 Å². The molecule has 0 atom stereocenters. The average molecular weight is 218 g/mol. The van der Waals surface area contributed by atoms with E-state index in [0.717, 1.165) is 23.5 Å². The van der Waals surface area contributed by atoms with Crippen molar-refractivity contribution in [3.63, 3.8) is 0 Å². The van der Waals surface area contributed by atoms with E-state index in [9.17, 15) is 0 Å². The van der Waals surface area contributed by atoms with Crippen LogP contribution in [-0.4, -0.2) is 14.6 Å². The van der Waals surface area contributed by atoms with Crippen molar-refractivity contribution >= 4 is 5.65 Å². The molecule has 2 heterocycles. The van der Waals surface area contributed by atoms with Crippen LogP contribution >= 0.6 is 0 Å². The van der Waals surface area contributed by atoms with E-state index in [1.54, 1.807) is 0 Å².